The van der Waals surface area contributed by atoms with Gasteiger partial charge < -0.3 is 15.2 Å². The number of aryl methyl sites for hydroxylation is 2. The molecule has 2 aromatic rings. The molecule has 0 radical (unpaired) electrons. The summed E-state index contributed by atoms with van der Waals surface area (Å²) in [6.45, 7) is 3.72. The molecule has 5 nitrogen and oxygen atoms in total. The fourth-order valence-corrected chi connectivity index (χ4v) is 2.08. The summed E-state index contributed by atoms with van der Waals surface area (Å²) in [5.74, 6) is 2.54. The van der Waals surface area contributed by atoms with E-state index in [9.17, 15) is 0 Å². The molecule has 2 N–H and O–H groups in total. The predicted molar refractivity (Wildman–Crippen MR) is 74.5 cm³/mol. The lowest BCUT2D eigenvalue weighted by Crippen LogP contribution is -2.03. The third-order valence-corrected chi connectivity index (χ3v) is 2.91. The Morgan fingerprint density at radius 1 is 1.05 bits per heavy atom. The van der Waals surface area contributed by atoms with Crippen molar-refractivity contribution in [3.63, 3.8) is 0 Å². The number of methoxy groups -OCH3 is 2. The van der Waals surface area contributed by atoms with E-state index in [2.05, 4.69) is 9.97 Å². The number of anilines is 1. The molecular formula is C14H17N3O2. The van der Waals surface area contributed by atoms with E-state index < -0.39 is 0 Å². The van der Waals surface area contributed by atoms with E-state index in [1.165, 1.54) is 0 Å². The highest BCUT2D eigenvalue weighted by atomic mass is 16.5. The van der Waals surface area contributed by atoms with Gasteiger partial charge in [-0.3, -0.25) is 0 Å². The summed E-state index contributed by atoms with van der Waals surface area (Å²) in [5.41, 5.74) is 8.45. The first-order chi connectivity index (χ1) is 9.06. The lowest BCUT2D eigenvalue weighted by molar-refractivity contribution is 0.404. The van der Waals surface area contributed by atoms with Crippen LogP contribution in [0.2, 0.25) is 0 Å². The van der Waals surface area contributed by atoms with Crippen molar-refractivity contribution in [1.29, 1.82) is 0 Å². The lowest BCUT2D eigenvalue weighted by atomic mass is 10.0. The first-order valence-electron chi connectivity index (χ1n) is 5.90. The Bertz CT molecular complexity index is 589. The van der Waals surface area contributed by atoms with Gasteiger partial charge in [0.2, 0.25) is 0 Å². The summed E-state index contributed by atoms with van der Waals surface area (Å²) in [4.78, 5) is 8.57. The van der Waals surface area contributed by atoms with Crippen LogP contribution >= 0.6 is 0 Å². The number of aromatic nitrogens is 2. The SMILES string of the molecule is COc1ccc(OC)c(-c2c(C)nc(C)nc2N)c1. The molecule has 5 heteroatoms. The molecule has 0 atom stereocenters. The highest BCUT2D eigenvalue weighted by Crippen LogP contribution is 2.37. The predicted octanol–water partition coefficient (Wildman–Crippen LogP) is 2.36. The van der Waals surface area contributed by atoms with E-state index in [1.54, 1.807) is 14.2 Å². The molecule has 0 saturated carbocycles. The summed E-state index contributed by atoms with van der Waals surface area (Å²) in [7, 11) is 3.24. The molecule has 100 valence electrons. The van der Waals surface area contributed by atoms with Crippen molar-refractivity contribution < 1.29 is 9.47 Å². The molecule has 0 aliphatic rings. The molecule has 19 heavy (non-hydrogen) atoms. The van der Waals surface area contributed by atoms with Crippen LogP contribution < -0.4 is 15.2 Å². The summed E-state index contributed by atoms with van der Waals surface area (Å²) in [5, 5.41) is 0. The molecule has 0 spiro atoms. The van der Waals surface area contributed by atoms with Crippen LogP contribution in [-0.4, -0.2) is 24.2 Å². The minimum absolute atomic E-state index is 0.441. The molecule has 0 aliphatic carbocycles. The number of nitrogens with zero attached hydrogens (tertiary/aromatic N) is 2. The minimum Gasteiger partial charge on any atom is -0.497 e. The molecule has 0 amide bonds. The molecule has 0 unspecified atom stereocenters. The van der Waals surface area contributed by atoms with E-state index in [1.807, 2.05) is 32.0 Å². The van der Waals surface area contributed by atoms with E-state index in [-0.39, 0.29) is 0 Å². The van der Waals surface area contributed by atoms with Gasteiger partial charge in [0.1, 0.15) is 23.1 Å². The monoisotopic (exact) mass is 259 g/mol. The van der Waals surface area contributed by atoms with E-state index in [4.69, 9.17) is 15.2 Å². The molecule has 0 fully saturated rings. The number of nitrogen functional groups attached to an aromatic ring is 1. The van der Waals surface area contributed by atoms with Gasteiger partial charge in [0.05, 0.1) is 19.9 Å². The smallest absolute Gasteiger partial charge is 0.135 e. The van der Waals surface area contributed by atoms with Crippen LogP contribution in [0.5, 0.6) is 11.5 Å². The second-order valence-electron chi connectivity index (χ2n) is 4.18. The zero-order valence-electron chi connectivity index (χ0n) is 11.5. The van der Waals surface area contributed by atoms with Crippen LogP contribution in [0.15, 0.2) is 18.2 Å². The van der Waals surface area contributed by atoms with E-state index in [0.29, 0.717) is 17.4 Å². The quantitative estimate of drug-likeness (QED) is 0.916. The third kappa shape index (κ3) is 2.45. The maximum absolute atomic E-state index is 6.02. The van der Waals surface area contributed by atoms with Gasteiger partial charge in [0, 0.05) is 11.1 Å². The number of rotatable bonds is 3. The average molecular weight is 259 g/mol. The van der Waals surface area contributed by atoms with Crippen molar-refractivity contribution in [2.45, 2.75) is 13.8 Å². The Balaban J connectivity index is 2.70. The maximum atomic E-state index is 6.02. The van der Waals surface area contributed by atoms with Crippen molar-refractivity contribution in [2.75, 3.05) is 20.0 Å². The van der Waals surface area contributed by atoms with Gasteiger partial charge in [-0.05, 0) is 32.0 Å². The van der Waals surface area contributed by atoms with Crippen LogP contribution in [0.1, 0.15) is 11.5 Å². The summed E-state index contributed by atoms with van der Waals surface area (Å²) in [6.07, 6.45) is 0. The number of nitrogens with two attached hydrogens (primary N) is 1. The van der Waals surface area contributed by atoms with Crippen molar-refractivity contribution in [1.82, 2.24) is 9.97 Å². The standard InChI is InChI=1S/C14H17N3O2/c1-8-13(14(15)17-9(2)16-8)11-7-10(18-3)5-6-12(11)19-4/h5-7H,1-4H3,(H2,15,16,17). The average Bonchev–Trinajstić information content (AvgIpc) is 2.37. The highest BCUT2D eigenvalue weighted by molar-refractivity contribution is 5.81. The number of hydrogen-bond acceptors (Lipinski definition) is 5. The Morgan fingerprint density at radius 2 is 1.79 bits per heavy atom. The molecule has 1 aromatic heterocycles. The Labute approximate surface area is 112 Å². The van der Waals surface area contributed by atoms with Gasteiger partial charge in [-0.1, -0.05) is 0 Å². The summed E-state index contributed by atoms with van der Waals surface area (Å²) >= 11 is 0. The number of benzene rings is 1. The van der Waals surface area contributed by atoms with Crippen molar-refractivity contribution >= 4 is 5.82 Å². The van der Waals surface area contributed by atoms with Gasteiger partial charge in [0.25, 0.3) is 0 Å². The first-order valence-corrected chi connectivity index (χ1v) is 5.90. The fourth-order valence-electron chi connectivity index (χ4n) is 2.08. The van der Waals surface area contributed by atoms with Crippen molar-refractivity contribution in [3.8, 4) is 22.6 Å². The Kier molecular flexibility index (Phi) is 3.55. The topological polar surface area (TPSA) is 70.3 Å². The number of ether oxygens (including phenoxy) is 2. The second kappa shape index (κ2) is 5.14. The highest BCUT2D eigenvalue weighted by Gasteiger charge is 2.15. The minimum atomic E-state index is 0.441. The normalized spacial score (nSPS) is 10.3. The molecule has 0 aliphatic heterocycles. The van der Waals surface area contributed by atoms with Crippen LogP contribution in [0.4, 0.5) is 5.82 Å². The number of hydrogen-bond donors (Lipinski definition) is 1. The van der Waals surface area contributed by atoms with Crippen LogP contribution in [0.25, 0.3) is 11.1 Å². The second-order valence-corrected chi connectivity index (χ2v) is 4.18. The molecule has 2 rings (SSSR count). The zero-order chi connectivity index (χ0) is 14.0. The fraction of sp³-hybridized carbons (Fsp3) is 0.286. The Hall–Kier alpha value is -2.30. The summed E-state index contributed by atoms with van der Waals surface area (Å²) < 4.78 is 10.6. The zero-order valence-corrected chi connectivity index (χ0v) is 11.5. The van der Waals surface area contributed by atoms with Gasteiger partial charge in [-0.2, -0.15) is 0 Å². The van der Waals surface area contributed by atoms with Gasteiger partial charge in [-0.15, -0.1) is 0 Å². The lowest BCUT2D eigenvalue weighted by Gasteiger charge is -2.14. The van der Waals surface area contributed by atoms with Crippen LogP contribution in [0, 0.1) is 13.8 Å². The van der Waals surface area contributed by atoms with Crippen molar-refractivity contribution in [3.05, 3.63) is 29.7 Å². The van der Waals surface area contributed by atoms with Gasteiger partial charge in [0.15, 0.2) is 0 Å². The van der Waals surface area contributed by atoms with Crippen molar-refractivity contribution in [2.24, 2.45) is 0 Å². The van der Waals surface area contributed by atoms with E-state index in [0.717, 1.165) is 22.6 Å². The third-order valence-electron chi connectivity index (χ3n) is 2.91. The van der Waals surface area contributed by atoms with Gasteiger partial charge in [-0.25, -0.2) is 9.97 Å². The van der Waals surface area contributed by atoms with Crippen LogP contribution in [-0.2, 0) is 0 Å². The van der Waals surface area contributed by atoms with Gasteiger partial charge >= 0.3 is 0 Å². The maximum Gasteiger partial charge on any atom is 0.135 e. The first kappa shape index (κ1) is 13.1. The van der Waals surface area contributed by atoms with E-state index >= 15 is 0 Å². The molecular weight excluding hydrogens is 242 g/mol. The largest absolute Gasteiger partial charge is 0.497 e. The van der Waals surface area contributed by atoms with Crippen LogP contribution in [0.3, 0.4) is 0 Å². The molecule has 0 bridgehead atoms. The Morgan fingerprint density at radius 3 is 2.37 bits per heavy atom. The molecule has 1 aromatic carbocycles. The molecule has 1 heterocycles. The summed E-state index contributed by atoms with van der Waals surface area (Å²) in [6, 6.07) is 5.55. The molecule has 0 saturated heterocycles.